The molecule has 0 saturated heterocycles. The normalized spacial score (nSPS) is 13.0. The lowest BCUT2D eigenvalue weighted by atomic mass is 10.2. The van der Waals surface area contributed by atoms with Gasteiger partial charge in [0.2, 0.25) is 10.0 Å². The molecule has 0 heterocycles. The Balaban J connectivity index is 4.51. The van der Waals surface area contributed by atoms with E-state index in [-0.39, 0.29) is 11.8 Å². The fraction of sp³-hybridized carbons (Fsp3) is 1.00. The molecule has 0 aromatic rings. The summed E-state index contributed by atoms with van der Waals surface area (Å²) in [7, 11) is -1.26. The molecule has 4 nitrogen and oxygen atoms in total. The second-order valence-electron chi connectivity index (χ2n) is 4.83. The molecule has 0 bridgehead atoms. The number of hydrogen-bond acceptors (Lipinski definition) is 3. The van der Waals surface area contributed by atoms with Gasteiger partial charge in [-0.25, -0.2) is 8.42 Å². The van der Waals surface area contributed by atoms with Gasteiger partial charge < -0.3 is 5.32 Å². The van der Waals surface area contributed by atoms with Crippen LogP contribution in [0.15, 0.2) is 0 Å². The maximum Gasteiger partial charge on any atom is 0.214 e. The summed E-state index contributed by atoms with van der Waals surface area (Å²) in [6.07, 6.45) is 0.667. The van der Waals surface area contributed by atoms with E-state index in [0.29, 0.717) is 18.9 Å². The molecule has 0 radical (unpaired) electrons. The SMILES string of the molecule is CNCCCS(=O)(=O)N(CC(C)C)C(C)C. The number of hydrogen-bond donors (Lipinski definition) is 1. The first-order valence-corrected chi connectivity index (χ1v) is 7.56. The van der Waals surface area contributed by atoms with Crippen molar-refractivity contribution in [2.45, 2.75) is 40.2 Å². The topological polar surface area (TPSA) is 49.4 Å². The van der Waals surface area contributed by atoms with E-state index in [2.05, 4.69) is 5.32 Å². The molecule has 1 N–H and O–H groups in total. The van der Waals surface area contributed by atoms with Gasteiger partial charge in [0.25, 0.3) is 0 Å². The number of nitrogens with zero attached hydrogens (tertiary/aromatic N) is 1. The first-order chi connectivity index (χ1) is 7.31. The van der Waals surface area contributed by atoms with Crippen molar-refractivity contribution in [2.24, 2.45) is 5.92 Å². The van der Waals surface area contributed by atoms with E-state index in [4.69, 9.17) is 0 Å². The minimum absolute atomic E-state index is 0.0435. The summed E-state index contributed by atoms with van der Waals surface area (Å²) in [5.74, 6) is 0.597. The van der Waals surface area contributed by atoms with Crippen LogP contribution in [0, 0.1) is 5.92 Å². The first kappa shape index (κ1) is 15.9. The second kappa shape index (κ2) is 7.25. The molecule has 0 amide bonds. The zero-order valence-corrected chi connectivity index (χ0v) is 12.0. The van der Waals surface area contributed by atoms with Crippen LogP contribution in [0.4, 0.5) is 0 Å². The van der Waals surface area contributed by atoms with E-state index in [9.17, 15) is 8.42 Å². The van der Waals surface area contributed by atoms with Gasteiger partial charge in [0.05, 0.1) is 5.75 Å². The number of nitrogens with one attached hydrogen (secondary N) is 1. The van der Waals surface area contributed by atoms with Gasteiger partial charge in [0, 0.05) is 12.6 Å². The molecule has 0 saturated carbocycles. The highest BCUT2D eigenvalue weighted by atomic mass is 32.2. The lowest BCUT2D eigenvalue weighted by Gasteiger charge is -2.27. The molecule has 16 heavy (non-hydrogen) atoms. The predicted octanol–water partition coefficient (Wildman–Crippen LogP) is 1.29. The Kier molecular flexibility index (Phi) is 7.19. The highest BCUT2D eigenvalue weighted by Gasteiger charge is 2.24. The molecule has 0 atom stereocenters. The smallest absolute Gasteiger partial charge is 0.214 e. The van der Waals surface area contributed by atoms with Crippen LogP contribution in [0.2, 0.25) is 0 Å². The summed E-state index contributed by atoms with van der Waals surface area (Å²) in [5, 5.41) is 2.97. The van der Waals surface area contributed by atoms with E-state index < -0.39 is 10.0 Å². The van der Waals surface area contributed by atoms with Crippen LogP contribution < -0.4 is 5.32 Å². The van der Waals surface area contributed by atoms with Gasteiger partial charge in [-0.1, -0.05) is 13.8 Å². The average Bonchev–Trinajstić information content (AvgIpc) is 2.13. The van der Waals surface area contributed by atoms with Crippen LogP contribution in [-0.4, -0.2) is 44.7 Å². The van der Waals surface area contributed by atoms with Crippen molar-refractivity contribution >= 4 is 10.0 Å². The van der Waals surface area contributed by atoms with Crippen LogP contribution in [0.1, 0.15) is 34.1 Å². The van der Waals surface area contributed by atoms with Gasteiger partial charge in [-0.05, 0) is 39.8 Å². The molecule has 0 aliphatic heterocycles. The first-order valence-electron chi connectivity index (χ1n) is 5.95. The molecule has 0 aromatic heterocycles. The van der Waals surface area contributed by atoms with Crippen molar-refractivity contribution in [3.05, 3.63) is 0 Å². The van der Waals surface area contributed by atoms with Crippen molar-refractivity contribution in [1.29, 1.82) is 0 Å². The van der Waals surface area contributed by atoms with Crippen LogP contribution >= 0.6 is 0 Å². The lowest BCUT2D eigenvalue weighted by molar-refractivity contribution is 0.318. The molecule has 5 heteroatoms. The quantitative estimate of drug-likeness (QED) is 0.661. The summed E-state index contributed by atoms with van der Waals surface area (Å²) in [4.78, 5) is 0. The van der Waals surface area contributed by atoms with E-state index in [1.54, 1.807) is 4.31 Å². The average molecular weight is 250 g/mol. The van der Waals surface area contributed by atoms with Crippen LogP contribution in [0.5, 0.6) is 0 Å². The molecule has 0 spiro atoms. The van der Waals surface area contributed by atoms with Gasteiger partial charge in [0.1, 0.15) is 0 Å². The largest absolute Gasteiger partial charge is 0.320 e. The lowest BCUT2D eigenvalue weighted by Crippen LogP contribution is -2.41. The number of rotatable bonds is 8. The van der Waals surface area contributed by atoms with Crippen LogP contribution in [-0.2, 0) is 10.0 Å². The second-order valence-corrected chi connectivity index (χ2v) is 6.87. The maximum absolute atomic E-state index is 12.1. The fourth-order valence-corrected chi connectivity index (χ4v) is 3.47. The summed E-state index contributed by atoms with van der Waals surface area (Å²) < 4.78 is 25.8. The van der Waals surface area contributed by atoms with E-state index in [0.717, 1.165) is 6.54 Å². The summed E-state index contributed by atoms with van der Waals surface area (Å²) in [5.41, 5.74) is 0. The Labute approximate surface area is 100 Å². The maximum atomic E-state index is 12.1. The summed E-state index contributed by atoms with van der Waals surface area (Å²) in [6, 6.07) is 0.0435. The zero-order valence-electron chi connectivity index (χ0n) is 11.2. The van der Waals surface area contributed by atoms with Gasteiger partial charge in [-0.2, -0.15) is 4.31 Å². The standard InChI is InChI=1S/C11H26N2O2S/c1-10(2)9-13(11(3)4)16(14,15)8-6-7-12-5/h10-12H,6-9H2,1-5H3. The van der Waals surface area contributed by atoms with Crippen molar-refractivity contribution in [2.75, 3.05) is 25.9 Å². The Morgan fingerprint density at radius 2 is 1.75 bits per heavy atom. The molecule has 0 fully saturated rings. The molecular weight excluding hydrogens is 224 g/mol. The molecule has 0 rings (SSSR count). The Morgan fingerprint density at radius 1 is 1.19 bits per heavy atom. The highest BCUT2D eigenvalue weighted by molar-refractivity contribution is 7.89. The minimum atomic E-state index is -3.10. The molecule has 98 valence electrons. The summed E-state index contributed by atoms with van der Waals surface area (Å²) >= 11 is 0. The van der Waals surface area contributed by atoms with Crippen molar-refractivity contribution in [3.8, 4) is 0 Å². The molecule has 0 aliphatic carbocycles. The van der Waals surface area contributed by atoms with Crippen LogP contribution in [0.3, 0.4) is 0 Å². The van der Waals surface area contributed by atoms with Gasteiger partial charge in [-0.3, -0.25) is 0 Å². The third kappa shape index (κ3) is 5.82. The third-order valence-electron chi connectivity index (χ3n) is 2.31. The molecular formula is C11H26N2O2S. The highest BCUT2D eigenvalue weighted by Crippen LogP contribution is 2.11. The monoisotopic (exact) mass is 250 g/mol. The van der Waals surface area contributed by atoms with Crippen molar-refractivity contribution < 1.29 is 8.42 Å². The van der Waals surface area contributed by atoms with Crippen molar-refractivity contribution in [1.82, 2.24) is 9.62 Å². The zero-order chi connectivity index (χ0) is 12.8. The fourth-order valence-electron chi connectivity index (χ4n) is 1.55. The van der Waals surface area contributed by atoms with Crippen molar-refractivity contribution in [3.63, 3.8) is 0 Å². The number of sulfonamides is 1. The van der Waals surface area contributed by atoms with Gasteiger partial charge in [-0.15, -0.1) is 0 Å². The summed E-state index contributed by atoms with van der Waals surface area (Å²) in [6.45, 7) is 9.29. The Hall–Kier alpha value is -0.130. The Bertz CT molecular complexity index is 274. The van der Waals surface area contributed by atoms with E-state index in [1.165, 1.54) is 0 Å². The minimum Gasteiger partial charge on any atom is -0.320 e. The molecule has 0 aliphatic rings. The molecule has 0 aromatic carbocycles. The molecule has 0 unspecified atom stereocenters. The third-order valence-corrected chi connectivity index (χ3v) is 4.40. The van der Waals surface area contributed by atoms with Gasteiger partial charge >= 0.3 is 0 Å². The Morgan fingerprint density at radius 3 is 2.12 bits per heavy atom. The van der Waals surface area contributed by atoms with Gasteiger partial charge in [0.15, 0.2) is 0 Å². The van der Waals surface area contributed by atoms with Crippen LogP contribution in [0.25, 0.3) is 0 Å². The van der Waals surface area contributed by atoms with E-state index in [1.807, 2.05) is 34.7 Å². The predicted molar refractivity (Wildman–Crippen MR) is 69.0 cm³/mol. The van der Waals surface area contributed by atoms with E-state index >= 15 is 0 Å².